The Morgan fingerprint density at radius 2 is 2.05 bits per heavy atom. The molecule has 0 aliphatic carbocycles. The van der Waals surface area contributed by atoms with Gasteiger partial charge in [-0.3, -0.25) is 9.98 Å². The van der Waals surface area contributed by atoms with E-state index in [0.29, 0.717) is 26.4 Å². The second-order valence-corrected chi connectivity index (χ2v) is 8.70. The molecule has 2 aromatic rings. The fourth-order valence-electron chi connectivity index (χ4n) is 4.04. The number of fused-ring (bicyclic) bond motifs is 4. The highest BCUT2D eigenvalue weighted by Crippen LogP contribution is 2.23. The summed E-state index contributed by atoms with van der Waals surface area (Å²) in [6.45, 7) is 14.4. The molecule has 0 radical (unpaired) electrons. The molecular weight excluding hydrogens is 462 g/mol. The number of aliphatic imine (C=N–C) groups is 2. The van der Waals surface area contributed by atoms with Gasteiger partial charge < -0.3 is 25.0 Å². The van der Waals surface area contributed by atoms with E-state index in [0.717, 1.165) is 73.0 Å². The number of ether oxygens (including phenoxy) is 2. The topological polar surface area (TPSA) is 70.5 Å². The highest BCUT2D eigenvalue weighted by Gasteiger charge is 2.08. The predicted molar refractivity (Wildman–Crippen MR) is 155 cm³/mol. The summed E-state index contributed by atoms with van der Waals surface area (Å²) in [4.78, 5) is 11.1. The number of hydrogen-bond acceptors (Lipinski definition) is 7. The van der Waals surface area contributed by atoms with Crippen molar-refractivity contribution in [3.05, 3.63) is 78.0 Å². The van der Waals surface area contributed by atoms with Crippen molar-refractivity contribution in [3.63, 3.8) is 0 Å². The number of allylic oxidation sites excluding steroid dienone is 1. The maximum absolute atomic E-state index is 6.20. The SMILES string of the molecule is C=N/C=C\C1=N/CNc2ccc(OCCCN(CC)CC)c(c2)CNC/C=C/CCOc2cccc1c2. The minimum Gasteiger partial charge on any atom is -0.493 e. The fraction of sp³-hybridized carbons (Fsp3) is 0.400. The zero-order valence-electron chi connectivity index (χ0n) is 22.3. The second-order valence-electron chi connectivity index (χ2n) is 8.70. The van der Waals surface area contributed by atoms with Crippen molar-refractivity contribution in [2.45, 2.75) is 33.2 Å². The molecular formula is C30H41N5O2. The van der Waals surface area contributed by atoms with E-state index >= 15 is 0 Å². The third kappa shape index (κ3) is 9.86. The first-order chi connectivity index (χ1) is 18.2. The summed E-state index contributed by atoms with van der Waals surface area (Å²) >= 11 is 0. The number of nitrogens with zero attached hydrogens (tertiary/aromatic N) is 3. The van der Waals surface area contributed by atoms with Gasteiger partial charge in [-0.1, -0.05) is 38.1 Å². The van der Waals surface area contributed by atoms with E-state index < -0.39 is 0 Å². The van der Waals surface area contributed by atoms with Crippen LogP contribution in [0.2, 0.25) is 0 Å². The molecule has 0 aromatic heterocycles. The van der Waals surface area contributed by atoms with Crippen LogP contribution in [0.25, 0.3) is 0 Å². The van der Waals surface area contributed by atoms with E-state index in [1.807, 2.05) is 36.4 Å². The van der Waals surface area contributed by atoms with E-state index in [1.54, 1.807) is 6.20 Å². The molecule has 1 aliphatic heterocycles. The van der Waals surface area contributed by atoms with Crippen molar-refractivity contribution >= 4 is 18.1 Å². The van der Waals surface area contributed by atoms with Crippen LogP contribution in [0.4, 0.5) is 5.69 Å². The number of rotatable bonds is 9. The van der Waals surface area contributed by atoms with Crippen LogP contribution in [-0.2, 0) is 6.54 Å². The molecule has 0 saturated carbocycles. The van der Waals surface area contributed by atoms with Gasteiger partial charge in [-0.15, -0.1) is 0 Å². The quantitative estimate of drug-likeness (QED) is 0.276. The summed E-state index contributed by atoms with van der Waals surface area (Å²) in [5.74, 6) is 1.74. The Labute approximate surface area is 222 Å². The molecule has 7 heteroatoms. The smallest absolute Gasteiger partial charge is 0.123 e. The van der Waals surface area contributed by atoms with Crippen LogP contribution >= 0.6 is 0 Å². The number of benzene rings is 2. The van der Waals surface area contributed by atoms with E-state index in [-0.39, 0.29) is 0 Å². The lowest BCUT2D eigenvalue weighted by Gasteiger charge is -2.18. The molecule has 0 unspecified atom stereocenters. The number of nitrogens with one attached hydrogen (secondary N) is 2. The van der Waals surface area contributed by atoms with Crippen molar-refractivity contribution in [1.29, 1.82) is 0 Å². The molecule has 2 N–H and O–H groups in total. The Morgan fingerprint density at radius 1 is 1.16 bits per heavy atom. The van der Waals surface area contributed by atoms with Gasteiger partial charge in [0, 0.05) is 42.6 Å². The Morgan fingerprint density at radius 3 is 2.89 bits per heavy atom. The van der Waals surface area contributed by atoms with Crippen LogP contribution in [0.1, 0.15) is 37.8 Å². The van der Waals surface area contributed by atoms with Crippen molar-refractivity contribution < 1.29 is 9.47 Å². The minimum atomic E-state index is 0.418. The second kappa shape index (κ2) is 16.3. The molecule has 0 amide bonds. The van der Waals surface area contributed by atoms with E-state index in [2.05, 4.69) is 65.4 Å². The summed E-state index contributed by atoms with van der Waals surface area (Å²) < 4.78 is 12.1. The summed E-state index contributed by atoms with van der Waals surface area (Å²) in [6, 6.07) is 14.2. The van der Waals surface area contributed by atoms with E-state index in [9.17, 15) is 0 Å². The fourth-order valence-corrected chi connectivity index (χ4v) is 4.04. The van der Waals surface area contributed by atoms with Crippen molar-refractivity contribution in [2.24, 2.45) is 9.98 Å². The number of anilines is 1. The van der Waals surface area contributed by atoms with Gasteiger partial charge in [-0.25, -0.2) is 0 Å². The first-order valence-corrected chi connectivity index (χ1v) is 13.2. The third-order valence-electron chi connectivity index (χ3n) is 6.13. The average Bonchev–Trinajstić information content (AvgIpc) is 2.92. The molecule has 198 valence electrons. The Balaban J connectivity index is 1.77. The van der Waals surface area contributed by atoms with Crippen LogP contribution < -0.4 is 20.1 Å². The summed E-state index contributed by atoms with van der Waals surface area (Å²) in [7, 11) is 0. The third-order valence-corrected chi connectivity index (χ3v) is 6.13. The Kier molecular flexibility index (Phi) is 12.4. The zero-order chi connectivity index (χ0) is 26.1. The molecule has 0 atom stereocenters. The molecule has 0 fully saturated rings. The standard InChI is InChI=1S/C30H41N5O2/c1-4-35(5-2)18-10-20-37-30-14-13-27-21-26(30)23-32-16-7-6-8-19-36-28-12-9-11-25(22-28)29(15-17-31-3)34-24-33-27/h6-7,9,11-15,17,21-22,32-33H,3-5,8,10,16,18-20,23-24H2,1-2H3/b7-6+,17-15-,34-29+. The summed E-state index contributed by atoms with van der Waals surface area (Å²) in [6.07, 6.45) is 9.65. The van der Waals surface area contributed by atoms with Crippen LogP contribution in [0.3, 0.4) is 0 Å². The molecule has 1 heterocycles. The van der Waals surface area contributed by atoms with Crippen molar-refractivity contribution in [2.75, 3.05) is 51.4 Å². The highest BCUT2D eigenvalue weighted by molar-refractivity contribution is 6.09. The molecule has 7 nitrogen and oxygen atoms in total. The highest BCUT2D eigenvalue weighted by atomic mass is 16.5. The normalized spacial score (nSPS) is 17.1. The number of hydrogen-bond donors (Lipinski definition) is 2. The van der Waals surface area contributed by atoms with Crippen LogP contribution in [0, 0.1) is 0 Å². The van der Waals surface area contributed by atoms with Crippen LogP contribution in [0.15, 0.2) is 76.9 Å². The molecule has 0 spiro atoms. The first kappa shape index (κ1) is 28.2. The first-order valence-electron chi connectivity index (χ1n) is 13.2. The van der Waals surface area contributed by atoms with Crippen LogP contribution in [-0.4, -0.2) is 63.4 Å². The lowest BCUT2D eigenvalue weighted by molar-refractivity contribution is 0.248. The minimum absolute atomic E-state index is 0.418. The van der Waals surface area contributed by atoms with Gasteiger partial charge >= 0.3 is 0 Å². The largest absolute Gasteiger partial charge is 0.493 e. The lowest BCUT2D eigenvalue weighted by Crippen LogP contribution is -2.25. The van der Waals surface area contributed by atoms with Gasteiger partial charge in [0.05, 0.1) is 18.9 Å². The predicted octanol–water partition coefficient (Wildman–Crippen LogP) is 5.30. The monoisotopic (exact) mass is 503 g/mol. The summed E-state index contributed by atoms with van der Waals surface area (Å²) in [5.41, 5.74) is 3.89. The molecule has 0 saturated heterocycles. The van der Waals surface area contributed by atoms with Gasteiger partial charge in [0.1, 0.15) is 18.2 Å². The Bertz CT molecular complexity index is 1060. The van der Waals surface area contributed by atoms with Gasteiger partial charge in [0.2, 0.25) is 0 Å². The molecule has 37 heavy (non-hydrogen) atoms. The van der Waals surface area contributed by atoms with E-state index in [1.165, 1.54) is 0 Å². The molecule has 1 aliphatic rings. The molecule has 3 rings (SSSR count). The molecule has 4 bridgehead atoms. The zero-order valence-corrected chi connectivity index (χ0v) is 22.3. The van der Waals surface area contributed by atoms with Gasteiger partial charge in [-0.2, -0.15) is 0 Å². The molecule has 2 aromatic carbocycles. The van der Waals surface area contributed by atoms with Crippen LogP contribution in [0.5, 0.6) is 11.5 Å². The maximum Gasteiger partial charge on any atom is 0.123 e. The summed E-state index contributed by atoms with van der Waals surface area (Å²) in [5, 5.41) is 6.93. The lowest BCUT2D eigenvalue weighted by atomic mass is 10.1. The average molecular weight is 504 g/mol. The van der Waals surface area contributed by atoms with Gasteiger partial charge in [-0.05, 0) is 69.1 Å². The Hall–Kier alpha value is -3.42. The van der Waals surface area contributed by atoms with Crippen molar-refractivity contribution in [3.8, 4) is 11.5 Å². The van der Waals surface area contributed by atoms with Gasteiger partial charge in [0.15, 0.2) is 0 Å². The van der Waals surface area contributed by atoms with Crippen molar-refractivity contribution in [1.82, 2.24) is 10.2 Å². The van der Waals surface area contributed by atoms with Gasteiger partial charge in [0.25, 0.3) is 0 Å². The maximum atomic E-state index is 6.20. The van der Waals surface area contributed by atoms with E-state index in [4.69, 9.17) is 14.5 Å².